The molecular weight excluding hydrogens is 348 g/mol. The topological polar surface area (TPSA) is 58.1 Å². The minimum atomic E-state index is -0.107. The van der Waals surface area contributed by atoms with Gasteiger partial charge in [-0.3, -0.25) is 10.1 Å². The third-order valence-electron chi connectivity index (χ3n) is 3.66. The van der Waals surface area contributed by atoms with Crippen LogP contribution in [0.2, 0.25) is 0 Å². The maximum absolute atomic E-state index is 12.1. The molecule has 124 valence electrons. The number of hydrogen-bond donors (Lipinski definition) is 1. The fourth-order valence-electron chi connectivity index (χ4n) is 2.47. The van der Waals surface area contributed by atoms with E-state index in [1.165, 1.54) is 55.0 Å². The zero-order valence-electron chi connectivity index (χ0n) is 13.1. The number of amides is 1. The van der Waals surface area contributed by atoms with Gasteiger partial charge in [-0.1, -0.05) is 29.5 Å². The van der Waals surface area contributed by atoms with Crippen LogP contribution in [0.15, 0.2) is 15.8 Å². The number of aryl methyl sites for hydroxylation is 1. The van der Waals surface area contributed by atoms with Crippen molar-refractivity contribution in [2.75, 3.05) is 30.7 Å². The lowest BCUT2D eigenvalue weighted by Crippen LogP contribution is -2.31. The van der Waals surface area contributed by atoms with E-state index in [9.17, 15) is 4.79 Å². The fourth-order valence-corrected chi connectivity index (χ4v) is 5.08. The van der Waals surface area contributed by atoms with Crippen molar-refractivity contribution in [3.63, 3.8) is 0 Å². The van der Waals surface area contributed by atoms with Crippen LogP contribution in [0.3, 0.4) is 0 Å². The molecule has 0 unspecified atom stereocenters. The van der Waals surface area contributed by atoms with Crippen molar-refractivity contribution in [3.8, 4) is 0 Å². The summed E-state index contributed by atoms with van der Waals surface area (Å²) in [6.07, 6.45) is 4.01. The van der Waals surface area contributed by atoms with Crippen LogP contribution >= 0.6 is 34.4 Å². The predicted molar refractivity (Wildman–Crippen MR) is 97.9 cm³/mol. The molecule has 3 heterocycles. The van der Waals surface area contributed by atoms with Gasteiger partial charge in [-0.15, -0.1) is 21.5 Å². The number of piperidine rings is 1. The zero-order chi connectivity index (χ0) is 16.1. The first kappa shape index (κ1) is 16.9. The van der Waals surface area contributed by atoms with Crippen molar-refractivity contribution in [2.45, 2.75) is 30.5 Å². The van der Waals surface area contributed by atoms with Crippen LogP contribution in [0.4, 0.5) is 5.13 Å². The van der Waals surface area contributed by atoms with Crippen LogP contribution in [-0.2, 0) is 0 Å². The summed E-state index contributed by atoms with van der Waals surface area (Å²) in [4.78, 5) is 15.3. The van der Waals surface area contributed by atoms with Gasteiger partial charge < -0.3 is 4.90 Å². The lowest BCUT2D eigenvalue weighted by molar-refractivity contribution is 0.103. The van der Waals surface area contributed by atoms with Gasteiger partial charge in [0.1, 0.15) is 0 Å². The second-order valence-electron chi connectivity index (χ2n) is 5.57. The molecular formula is C15H20N4OS3. The number of nitrogens with one attached hydrogen (secondary N) is 1. The fraction of sp³-hybridized carbons (Fsp3) is 0.533. The number of aromatic nitrogens is 2. The standard InChI is InChI=1S/C15H20N4OS3/c1-11-9-12(22-10-11)13(20)16-14-17-18-15(23-14)21-8-7-19-5-3-2-4-6-19/h9-10H,2-8H2,1H3,(H,16,17,20). The number of anilines is 1. The molecule has 1 saturated heterocycles. The highest BCUT2D eigenvalue weighted by Gasteiger charge is 2.13. The molecule has 1 N–H and O–H groups in total. The summed E-state index contributed by atoms with van der Waals surface area (Å²) in [6, 6.07) is 1.88. The van der Waals surface area contributed by atoms with Crippen molar-refractivity contribution in [1.29, 1.82) is 0 Å². The van der Waals surface area contributed by atoms with E-state index in [4.69, 9.17) is 0 Å². The smallest absolute Gasteiger partial charge is 0.267 e. The number of likely N-dealkylation sites (tertiary alicyclic amines) is 1. The Bertz CT molecular complexity index is 649. The van der Waals surface area contributed by atoms with E-state index in [0.29, 0.717) is 10.0 Å². The van der Waals surface area contributed by atoms with Crippen LogP contribution in [0, 0.1) is 6.92 Å². The monoisotopic (exact) mass is 368 g/mol. The third kappa shape index (κ3) is 5.00. The summed E-state index contributed by atoms with van der Waals surface area (Å²) in [5, 5.41) is 13.6. The average molecular weight is 369 g/mol. The van der Waals surface area contributed by atoms with Crippen LogP contribution in [0.25, 0.3) is 0 Å². The maximum Gasteiger partial charge on any atom is 0.267 e. The molecule has 1 amide bonds. The van der Waals surface area contributed by atoms with Crippen molar-refractivity contribution in [2.24, 2.45) is 0 Å². The van der Waals surface area contributed by atoms with Gasteiger partial charge in [0.2, 0.25) is 5.13 Å². The Morgan fingerprint density at radius 2 is 2.17 bits per heavy atom. The van der Waals surface area contributed by atoms with Crippen LogP contribution in [-0.4, -0.2) is 46.4 Å². The Balaban J connectivity index is 1.45. The van der Waals surface area contributed by atoms with Gasteiger partial charge in [-0.2, -0.15) is 0 Å². The van der Waals surface area contributed by atoms with Crippen LogP contribution < -0.4 is 5.32 Å². The number of carbonyl (C=O) groups is 1. The molecule has 23 heavy (non-hydrogen) atoms. The summed E-state index contributed by atoms with van der Waals surface area (Å²) in [6.45, 7) is 5.52. The molecule has 3 rings (SSSR count). The molecule has 0 aromatic carbocycles. The number of thiophene rings is 1. The second kappa shape index (κ2) is 8.23. The molecule has 0 saturated carbocycles. The van der Waals surface area contributed by atoms with E-state index >= 15 is 0 Å². The summed E-state index contributed by atoms with van der Waals surface area (Å²) >= 11 is 4.61. The minimum Gasteiger partial charge on any atom is -0.303 e. The van der Waals surface area contributed by atoms with E-state index in [-0.39, 0.29) is 5.91 Å². The minimum absolute atomic E-state index is 0.107. The van der Waals surface area contributed by atoms with E-state index in [1.54, 1.807) is 11.8 Å². The lowest BCUT2D eigenvalue weighted by Gasteiger charge is -2.25. The second-order valence-corrected chi connectivity index (χ2v) is 8.80. The number of hydrogen-bond acceptors (Lipinski definition) is 7. The molecule has 0 atom stereocenters. The first-order valence-electron chi connectivity index (χ1n) is 7.76. The number of thioether (sulfide) groups is 1. The SMILES string of the molecule is Cc1csc(C(=O)Nc2nnc(SCCN3CCCCC3)s2)c1. The highest BCUT2D eigenvalue weighted by atomic mass is 32.2. The van der Waals surface area contributed by atoms with Gasteiger partial charge in [-0.25, -0.2) is 0 Å². The molecule has 0 spiro atoms. The van der Waals surface area contributed by atoms with Crippen LogP contribution in [0.1, 0.15) is 34.5 Å². The van der Waals surface area contributed by atoms with Gasteiger partial charge in [-0.05, 0) is 49.9 Å². The zero-order valence-corrected chi connectivity index (χ0v) is 15.5. The highest BCUT2D eigenvalue weighted by Crippen LogP contribution is 2.26. The van der Waals surface area contributed by atoms with Gasteiger partial charge in [0, 0.05) is 12.3 Å². The number of carbonyl (C=O) groups excluding carboxylic acids is 1. The molecule has 1 fully saturated rings. The quantitative estimate of drug-likeness (QED) is 0.622. The lowest BCUT2D eigenvalue weighted by atomic mass is 10.1. The Hall–Kier alpha value is -0.960. The molecule has 0 bridgehead atoms. The highest BCUT2D eigenvalue weighted by molar-refractivity contribution is 8.01. The molecule has 0 radical (unpaired) electrons. The van der Waals surface area contributed by atoms with E-state index in [1.807, 2.05) is 18.4 Å². The summed E-state index contributed by atoms with van der Waals surface area (Å²) in [5.74, 6) is 0.913. The van der Waals surface area contributed by atoms with Gasteiger partial charge in [0.25, 0.3) is 5.91 Å². The van der Waals surface area contributed by atoms with Crippen molar-refractivity contribution in [1.82, 2.24) is 15.1 Å². The largest absolute Gasteiger partial charge is 0.303 e. The average Bonchev–Trinajstić information content (AvgIpc) is 3.18. The van der Waals surface area contributed by atoms with E-state index in [0.717, 1.165) is 22.2 Å². The summed E-state index contributed by atoms with van der Waals surface area (Å²) in [5.41, 5.74) is 1.10. The predicted octanol–water partition coefficient (Wildman–Crippen LogP) is 3.74. The van der Waals surface area contributed by atoms with Gasteiger partial charge in [0.05, 0.1) is 4.88 Å². The normalized spacial score (nSPS) is 15.7. The maximum atomic E-state index is 12.1. The van der Waals surface area contributed by atoms with E-state index in [2.05, 4.69) is 20.4 Å². The Labute approximate surface area is 148 Å². The van der Waals surface area contributed by atoms with Crippen molar-refractivity contribution >= 4 is 45.5 Å². The molecule has 2 aromatic heterocycles. The van der Waals surface area contributed by atoms with Crippen molar-refractivity contribution in [3.05, 3.63) is 21.9 Å². The Morgan fingerprint density at radius 1 is 1.35 bits per heavy atom. The first-order chi connectivity index (χ1) is 11.2. The van der Waals surface area contributed by atoms with Crippen LogP contribution in [0.5, 0.6) is 0 Å². The molecule has 2 aromatic rings. The van der Waals surface area contributed by atoms with E-state index < -0.39 is 0 Å². The first-order valence-corrected chi connectivity index (χ1v) is 10.4. The Morgan fingerprint density at radius 3 is 2.91 bits per heavy atom. The summed E-state index contributed by atoms with van der Waals surface area (Å²) < 4.78 is 0.916. The molecule has 0 aliphatic carbocycles. The summed E-state index contributed by atoms with van der Waals surface area (Å²) in [7, 11) is 0. The van der Waals surface area contributed by atoms with Gasteiger partial charge >= 0.3 is 0 Å². The van der Waals surface area contributed by atoms with Gasteiger partial charge in [0.15, 0.2) is 4.34 Å². The number of rotatable bonds is 6. The third-order valence-corrected chi connectivity index (χ3v) is 6.66. The van der Waals surface area contributed by atoms with Crippen molar-refractivity contribution < 1.29 is 4.79 Å². The molecule has 1 aliphatic rings. The Kier molecular flexibility index (Phi) is 6.04. The number of nitrogens with zero attached hydrogens (tertiary/aromatic N) is 3. The molecule has 5 nitrogen and oxygen atoms in total. The molecule has 8 heteroatoms. The molecule has 1 aliphatic heterocycles.